The second-order valence-electron chi connectivity index (χ2n) is 2.41. The van der Waals surface area contributed by atoms with E-state index >= 15 is 0 Å². The fraction of sp³-hybridized carbons (Fsp3) is 0.125. The summed E-state index contributed by atoms with van der Waals surface area (Å²) in [6, 6.07) is 5.03. The highest BCUT2D eigenvalue weighted by Gasteiger charge is 2.07. The first-order valence-electron chi connectivity index (χ1n) is 3.41. The van der Waals surface area contributed by atoms with Crippen molar-refractivity contribution in [3.05, 3.63) is 35.1 Å². The first kappa shape index (κ1) is 6.34. The Balaban J connectivity index is 2.60. The molecule has 2 nitrogen and oxygen atoms in total. The van der Waals surface area contributed by atoms with Crippen LogP contribution < -0.4 is 5.43 Å². The van der Waals surface area contributed by atoms with Gasteiger partial charge in [0.1, 0.15) is 5.82 Å². The molecule has 1 aliphatic heterocycles. The third-order valence-corrected chi connectivity index (χ3v) is 1.70. The lowest BCUT2D eigenvalue weighted by atomic mass is 10.1. The van der Waals surface area contributed by atoms with Crippen molar-refractivity contribution >= 4 is 6.21 Å². The van der Waals surface area contributed by atoms with Crippen LogP contribution in [0.4, 0.5) is 4.39 Å². The number of hydrogen-bond acceptors (Lipinski definition) is 2. The Labute approximate surface area is 63.7 Å². The van der Waals surface area contributed by atoms with Crippen LogP contribution >= 0.6 is 0 Å². The highest BCUT2D eigenvalue weighted by Crippen LogP contribution is 2.12. The maximum Gasteiger partial charge on any atom is 0.132 e. The van der Waals surface area contributed by atoms with Crippen molar-refractivity contribution in [1.82, 2.24) is 5.43 Å². The lowest BCUT2D eigenvalue weighted by molar-refractivity contribution is 0.616. The number of benzene rings is 1. The highest BCUT2D eigenvalue weighted by atomic mass is 19.1. The Bertz CT molecular complexity index is 307. The van der Waals surface area contributed by atoms with Crippen molar-refractivity contribution < 1.29 is 4.39 Å². The molecule has 0 bridgehead atoms. The molecule has 0 unspecified atom stereocenters. The van der Waals surface area contributed by atoms with Crippen molar-refractivity contribution in [2.24, 2.45) is 5.10 Å². The van der Waals surface area contributed by atoms with Gasteiger partial charge in [-0.15, -0.1) is 0 Å². The first-order chi connectivity index (χ1) is 5.38. The van der Waals surface area contributed by atoms with Crippen LogP contribution in [0.1, 0.15) is 11.1 Å². The molecule has 1 heterocycles. The van der Waals surface area contributed by atoms with Crippen LogP contribution in [-0.2, 0) is 6.54 Å². The quantitative estimate of drug-likeness (QED) is 0.591. The maximum atomic E-state index is 13.0. The normalized spacial score (nSPS) is 13.9. The van der Waals surface area contributed by atoms with E-state index in [2.05, 4.69) is 10.5 Å². The Kier molecular flexibility index (Phi) is 1.35. The maximum absolute atomic E-state index is 13.0. The molecule has 0 aliphatic carbocycles. The van der Waals surface area contributed by atoms with Crippen LogP contribution in [0.3, 0.4) is 0 Å². The molecule has 0 saturated carbocycles. The molecule has 0 fully saturated rings. The molecule has 56 valence electrons. The smallest absolute Gasteiger partial charge is 0.132 e. The summed E-state index contributed by atoms with van der Waals surface area (Å²) in [5.41, 5.74) is 4.33. The first-order valence-corrected chi connectivity index (χ1v) is 3.41. The van der Waals surface area contributed by atoms with Gasteiger partial charge in [-0.1, -0.05) is 12.1 Å². The minimum absolute atomic E-state index is 0.201. The van der Waals surface area contributed by atoms with E-state index in [0.29, 0.717) is 12.1 Å². The third kappa shape index (κ3) is 0.981. The second-order valence-corrected chi connectivity index (χ2v) is 2.41. The molecule has 0 radical (unpaired) electrons. The fourth-order valence-electron chi connectivity index (χ4n) is 1.12. The molecule has 0 amide bonds. The van der Waals surface area contributed by atoms with Gasteiger partial charge in [-0.25, -0.2) is 4.39 Å². The van der Waals surface area contributed by atoms with Crippen molar-refractivity contribution in [3.63, 3.8) is 0 Å². The standard InChI is InChI=1S/C8H7FN2/c9-8-3-1-2-6-4-10-11-5-7(6)8/h1-3,5,10H,4H2. The van der Waals surface area contributed by atoms with Gasteiger partial charge in [0.2, 0.25) is 0 Å². The van der Waals surface area contributed by atoms with Crippen LogP contribution in [0, 0.1) is 5.82 Å². The lowest BCUT2D eigenvalue weighted by Gasteiger charge is -2.10. The van der Waals surface area contributed by atoms with Gasteiger partial charge >= 0.3 is 0 Å². The molecular formula is C8H7FN2. The summed E-state index contributed by atoms with van der Waals surface area (Å²) in [5, 5.41) is 3.76. The summed E-state index contributed by atoms with van der Waals surface area (Å²) < 4.78 is 13.0. The molecule has 1 aromatic carbocycles. The Morgan fingerprint density at radius 2 is 2.36 bits per heavy atom. The topological polar surface area (TPSA) is 24.4 Å². The van der Waals surface area contributed by atoms with Gasteiger partial charge in [0.25, 0.3) is 0 Å². The van der Waals surface area contributed by atoms with Crippen LogP contribution in [-0.4, -0.2) is 6.21 Å². The number of nitrogens with one attached hydrogen (secondary N) is 1. The lowest BCUT2D eigenvalue weighted by Crippen LogP contribution is -2.14. The Morgan fingerprint density at radius 3 is 3.18 bits per heavy atom. The van der Waals surface area contributed by atoms with E-state index in [4.69, 9.17) is 0 Å². The van der Waals surface area contributed by atoms with Crippen LogP contribution in [0.5, 0.6) is 0 Å². The molecule has 2 rings (SSSR count). The number of halogens is 1. The monoisotopic (exact) mass is 150 g/mol. The summed E-state index contributed by atoms with van der Waals surface area (Å²) in [6.07, 6.45) is 1.51. The second kappa shape index (κ2) is 2.34. The summed E-state index contributed by atoms with van der Waals surface area (Å²) >= 11 is 0. The summed E-state index contributed by atoms with van der Waals surface area (Å²) in [6.45, 7) is 0.615. The largest absolute Gasteiger partial charge is 0.306 e. The van der Waals surface area contributed by atoms with Gasteiger partial charge in [-0.05, 0) is 11.6 Å². The average Bonchev–Trinajstić information content (AvgIpc) is 2.06. The molecule has 1 aliphatic rings. The number of hydrogen-bond donors (Lipinski definition) is 1. The Hall–Kier alpha value is -1.38. The number of fused-ring (bicyclic) bond motifs is 1. The Morgan fingerprint density at radius 1 is 1.45 bits per heavy atom. The number of hydrazone groups is 1. The molecule has 1 N–H and O–H groups in total. The number of nitrogens with zero attached hydrogens (tertiary/aromatic N) is 1. The molecule has 1 aromatic rings. The number of rotatable bonds is 0. The third-order valence-electron chi connectivity index (χ3n) is 1.70. The van der Waals surface area contributed by atoms with E-state index in [9.17, 15) is 4.39 Å². The molecule has 0 saturated heterocycles. The van der Waals surface area contributed by atoms with Gasteiger partial charge in [-0.2, -0.15) is 5.10 Å². The fourth-order valence-corrected chi connectivity index (χ4v) is 1.12. The van der Waals surface area contributed by atoms with Crippen LogP contribution in [0.25, 0.3) is 0 Å². The van der Waals surface area contributed by atoms with E-state index in [1.807, 2.05) is 6.07 Å². The zero-order valence-corrected chi connectivity index (χ0v) is 5.84. The molecule has 11 heavy (non-hydrogen) atoms. The molecule has 0 aromatic heterocycles. The van der Waals surface area contributed by atoms with E-state index in [-0.39, 0.29) is 5.82 Å². The van der Waals surface area contributed by atoms with E-state index in [0.717, 1.165) is 5.56 Å². The van der Waals surface area contributed by atoms with E-state index in [1.165, 1.54) is 12.3 Å². The molecule has 3 heteroatoms. The predicted octanol–water partition coefficient (Wildman–Crippen LogP) is 1.26. The average molecular weight is 150 g/mol. The SMILES string of the molecule is Fc1cccc2c1C=NNC2. The van der Waals surface area contributed by atoms with Gasteiger partial charge in [0.15, 0.2) is 0 Å². The zero-order chi connectivity index (χ0) is 7.68. The highest BCUT2D eigenvalue weighted by molar-refractivity contribution is 5.82. The van der Waals surface area contributed by atoms with Crippen LogP contribution in [0.2, 0.25) is 0 Å². The van der Waals surface area contributed by atoms with Gasteiger partial charge < -0.3 is 5.43 Å². The summed E-state index contributed by atoms with van der Waals surface area (Å²) in [5.74, 6) is -0.201. The molecular weight excluding hydrogens is 143 g/mol. The van der Waals surface area contributed by atoms with E-state index in [1.54, 1.807) is 6.07 Å². The van der Waals surface area contributed by atoms with Gasteiger partial charge in [0.05, 0.1) is 12.8 Å². The molecule has 0 atom stereocenters. The van der Waals surface area contributed by atoms with E-state index < -0.39 is 0 Å². The van der Waals surface area contributed by atoms with Crippen molar-refractivity contribution in [1.29, 1.82) is 0 Å². The predicted molar refractivity (Wildman–Crippen MR) is 40.8 cm³/mol. The van der Waals surface area contributed by atoms with Gasteiger partial charge in [-0.3, -0.25) is 0 Å². The van der Waals surface area contributed by atoms with Gasteiger partial charge in [0, 0.05) is 5.56 Å². The van der Waals surface area contributed by atoms with Crippen LogP contribution in [0.15, 0.2) is 23.3 Å². The van der Waals surface area contributed by atoms with Crippen molar-refractivity contribution in [2.45, 2.75) is 6.54 Å². The summed E-state index contributed by atoms with van der Waals surface area (Å²) in [7, 11) is 0. The van der Waals surface area contributed by atoms with Crippen molar-refractivity contribution in [3.8, 4) is 0 Å². The minimum atomic E-state index is -0.201. The zero-order valence-electron chi connectivity index (χ0n) is 5.84. The molecule has 0 spiro atoms. The minimum Gasteiger partial charge on any atom is -0.306 e. The summed E-state index contributed by atoms with van der Waals surface area (Å²) in [4.78, 5) is 0. The van der Waals surface area contributed by atoms with Crippen molar-refractivity contribution in [2.75, 3.05) is 0 Å².